The number of halogens is 2. The molecule has 1 unspecified atom stereocenters. The van der Waals surface area contributed by atoms with Gasteiger partial charge < -0.3 is 15.2 Å². The Morgan fingerprint density at radius 1 is 1.14 bits per heavy atom. The van der Waals surface area contributed by atoms with Crippen molar-refractivity contribution in [1.82, 2.24) is 5.32 Å². The van der Waals surface area contributed by atoms with Crippen molar-refractivity contribution in [1.29, 1.82) is 0 Å². The Morgan fingerprint density at radius 3 is 2.00 bits per heavy atom. The first-order chi connectivity index (χ1) is 9.96. The molecule has 5 nitrogen and oxygen atoms in total. The first-order valence-corrected chi connectivity index (χ1v) is 7.58. The number of hydrogen-bond acceptors (Lipinski definition) is 3. The highest BCUT2D eigenvalue weighted by Crippen LogP contribution is 2.68. The summed E-state index contributed by atoms with van der Waals surface area (Å²) in [5.74, 6) is -4.85. The number of nitrogens with one attached hydrogen (secondary N) is 1. The number of alkyl halides is 2. The van der Waals surface area contributed by atoms with E-state index in [2.05, 4.69) is 5.32 Å². The number of amides is 1. The second-order valence-electron chi connectivity index (χ2n) is 7.36. The first kappa shape index (κ1) is 17.0. The third kappa shape index (κ3) is 2.65. The smallest absolute Gasteiger partial charge is 0.408 e. The molecule has 2 N–H and O–H groups in total. The van der Waals surface area contributed by atoms with Crippen LogP contribution in [0.3, 0.4) is 0 Å². The van der Waals surface area contributed by atoms with Gasteiger partial charge in [-0.3, -0.25) is 4.79 Å². The molecule has 2 aliphatic carbocycles. The number of carboxylic acid groups (broad SMARTS) is 1. The summed E-state index contributed by atoms with van der Waals surface area (Å²) in [6.07, 6.45) is 0.964. The normalized spacial score (nSPS) is 29.5. The van der Waals surface area contributed by atoms with Gasteiger partial charge in [0, 0.05) is 6.42 Å². The fourth-order valence-electron chi connectivity index (χ4n) is 3.56. The number of carboxylic acids is 1. The van der Waals surface area contributed by atoms with Crippen molar-refractivity contribution in [3.63, 3.8) is 0 Å². The molecule has 22 heavy (non-hydrogen) atoms. The first-order valence-electron chi connectivity index (χ1n) is 7.58. The molecule has 0 aliphatic heterocycles. The standard InChI is InChI=1S/C15H23F2NO4/c1-12(2,3)22-11(21)18-13(7-5-4-6-8-13)14(10(19)20)9-15(14,16)17/h4-9H2,1-3H3,(H,18,21)(H,19,20). The van der Waals surface area contributed by atoms with Crippen molar-refractivity contribution in [3.8, 4) is 0 Å². The predicted molar refractivity (Wildman–Crippen MR) is 74.8 cm³/mol. The number of carbonyl (C=O) groups is 2. The molecule has 0 spiro atoms. The van der Waals surface area contributed by atoms with Gasteiger partial charge in [0.2, 0.25) is 0 Å². The second-order valence-corrected chi connectivity index (χ2v) is 7.36. The van der Waals surface area contributed by atoms with Gasteiger partial charge in [-0.1, -0.05) is 19.3 Å². The zero-order chi connectivity index (χ0) is 16.8. The maximum Gasteiger partial charge on any atom is 0.408 e. The lowest BCUT2D eigenvalue weighted by Crippen LogP contribution is -2.61. The van der Waals surface area contributed by atoms with Gasteiger partial charge in [-0.05, 0) is 33.6 Å². The molecule has 0 saturated heterocycles. The van der Waals surface area contributed by atoms with Gasteiger partial charge >= 0.3 is 12.1 Å². The third-order valence-electron chi connectivity index (χ3n) is 4.62. The fraction of sp³-hybridized carbons (Fsp3) is 0.867. The molecule has 0 aromatic rings. The maximum atomic E-state index is 13.9. The van der Waals surface area contributed by atoms with Gasteiger partial charge in [-0.15, -0.1) is 0 Å². The van der Waals surface area contributed by atoms with E-state index >= 15 is 0 Å². The zero-order valence-electron chi connectivity index (χ0n) is 13.2. The molecule has 0 bridgehead atoms. The van der Waals surface area contributed by atoms with E-state index in [1.807, 2.05) is 0 Å². The number of rotatable bonds is 3. The minimum Gasteiger partial charge on any atom is -0.481 e. The lowest BCUT2D eigenvalue weighted by atomic mass is 9.70. The quantitative estimate of drug-likeness (QED) is 0.836. The number of carbonyl (C=O) groups excluding carboxylic acids is 1. The summed E-state index contributed by atoms with van der Waals surface area (Å²) in [5.41, 5.74) is -4.43. The van der Waals surface area contributed by atoms with Crippen LogP contribution in [0.4, 0.5) is 13.6 Å². The largest absolute Gasteiger partial charge is 0.481 e. The van der Waals surface area contributed by atoms with Crippen LogP contribution in [-0.2, 0) is 9.53 Å². The van der Waals surface area contributed by atoms with Crippen LogP contribution in [0.15, 0.2) is 0 Å². The van der Waals surface area contributed by atoms with E-state index in [4.69, 9.17) is 4.74 Å². The van der Waals surface area contributed by atoms with Crippen molar-refractivity contribution in [3.05, 3.63) is 0 Å². The summed E-state index contributed by atoms with van der Waals surface area (Å²) in [4.78, 5) is 23.7. The van der Waals surface area contributed by atoms with Crippen molar-refractivity contribution in [2.45, 2.75) is 76.4 Å². The summed E-state index contributed by atoms with van der Waals surface area (Å²) in [6, 6.07) is 0. The monoisotopic (exact) mass is 319 g/mol. The van der Waals surface area contributed by atoms with E-state index in [0.717, 1.165) is 6.42 Å². The number of aliphatic carboxylic acids is 1. The zero-order valence-corrected chi connectivity index (χ0v) is 13.2. The van der Waals surface area contributed by atoms with E-state index in [9.17, 15) is 23.5 Å². The molecule has 2 aliphatic rings. The Kier molecular flexibility index (Phi) is 3.90. The van der Waals surface area contributed by atoms with Gasteiger partial charge in [0.15, 0.2) is 5.41 Å². The molecule has 126 valence electrons. The van der Waals surface area contributed by atoms with E-state index in [-0.39, 0.29) is 12.8 Å². The number of ether oxygens (including phenoxy) is 1. The van der Waals surface area contributed by atoms with E-state index in [0.29, 0.717) is 12.8 Å². The molecule has 1 atom stereocenters. The molecule has 2 fully saturated rings. The highest BCUT2D eigenvalue weighted by molar-refractivity contribution is 5.84. The topological polar surface area (TPSA) is 75.6 Å². The SMILES string of the molecule is CC(C)(C)OC(=O)NC1(C2(C(=O)O)CC2(F)F)CCCCC1. The van der Waals surface area contributed by atoms with Crippen LogP contribution in [0.5, 0.6) is 0 Å². The summed E-state index contributed by atoms with van der Waals surface area (Å²) in [5, 5.41) is 11.9. The van der Waals surface area contributed by atoms with Crippen LogP contribution in [0.2, 0.25) is 0 Å². The van der Waals surface area contributed by atoms with Crippen LogP contribution in [0.25, 0.3) is 0 Å². The summed E-state index contributed by atoms with van der Waals surface area (Å²) in [7, 11) is 0. The van der Waals surface area contributed by atoms with Crippen LogP contribution >= 0.6 is 0 Å². The summed E-state index contributed by atoms with van der Waals surface area (Å²) < 4.78 is 33.0. The van der Waals surface area contributed by atoms with E-state index in [1.165, 1.54) is 0 Å². The fourth-order valence-corrected chi connectivity index (χ4v) is 3.56. The Morgan fingerprint density at radius 2 is 1.64 bits per heavy atom. The molecule has 2 saturated carbocycles. The lowest BCUT2D eigenvalue weighted by Gasteiger charge is -2.42. The van der Waals surface area contributed by atoms with Gasteiger partial charge in [0.05, 0.1) is 5.54 Å². The third-order valence-corrected chi connectivity index (χ3v) is 4.62. The van der Waals surface area contributed by atoms with Gasteiger partial charge in [-0.2, -0.15) is 0 Å². The highest BCUT2D eigenvalue weighted by atomic mass is 19.3. The van der Waals surface area contributed by atoms with E-state index in [1.54, 1.807) is 20.8 Å². The summed E-state index contributed by atoms with van der Waals surface area (Å²) in [6.45, 7) is 5.00. The van der Waals surface area contributed by atoms with Crippen molar-refractivity contribution < 1.29 is 28.2 Å². The Balaban J connectivity index is 2.30. The lowest BCUT2D eigenvalue weighted by molar-refractivity contribution is -0.154. The molecule has 0 aromatic carbocycles. The van der Waals surface area contributed by atoms with Crippen LogP contribution in [0, 0.1) is 5.41 Å². The molecular weight excluding hydrogens is 296 g/mol. The Labute approximate surface area is 128 Å². The predicted octanol–water partition coefficient (Wildman–Crippen LogP) is 3.32. The maximum absolute atomic E-state index is 13.9. The molecule has 1 amide bonds. The van der Waals surface area contributed by atoms with Crippen LogP contribution in [-0.4, -0.2) is 34.2 Å². The summed E-state index contributed by atoms with van der Waals surface area (Å²) >= 11 is 0. The molecular formula is C15H23F2NO4. The Hall–Kier alpha value is -1.40. The van der Waals surface area contributed by atoms with Gasteiger partial charge in [-0.25, -0.2) is 13.6 Å². The van der Waals surface area contributed by atoms with Crippen molar-refractivity contribution in [2.75, 3.05) is 0 Å². The minimum atomic E-state index is -3.30. The van der Waals surface area contributed by atoms with Crippen LogP contribution in [0.1, 0.15) is 59.3 Å². The van der Waals surface area contributed by atoms with Crippen LogP contribution < -0.4 is 5.32 Å². The van der Waals surface area contributed by atoms with Gasteiger partial charge in [0.25, 0.3) is 5.92 Å². The van der Waals surface area contributed by atoms with Gasteiger partial charge in [0.1, 0.15) is 5.60 Å². The molecule has 0 radical (unpaired) electrons. The minimum absolute atomic E-state index is 0.230. The van der Waals surface area contributed by atoms with Crippen molar-refractivity contribution in [2.24, 2.45) is 5.41 Å². The van der Waals surface area contributed by atoms with Crippen molar-refractivity contribution >= 4 is 12.1 Å². The molecule has 7 heteroatoms. The number of hydrogen-bond donors (Lipinski definition) is 2. The molecule has 0 aromatic heterocycles. The average Bonchev–Trinajstić information content (AvgIpc) is 2.93. The highest BCUT2D eigenvalue weighted by Gasteiger charge is 2.84. The number of alkyl carbamates (subject to hydrolysis) is 1. The molecule has 2 rings (SSSR count). The van der Waals surface area contributed by atoms with E-state index < -0.39 is 41.0 Å². The second kappa shape index (κ2) is 5.06. The Bertz CT molecular complexity index is 480. The molecule has 0 heterocycles. The average molecular weight is 319 g/mol.